The third-order valence-electron chi connectivity index (χ3n) is 6.66. The number of carbonyl (C=O) groups is 3. The molecule has 3 fully saturated rings. The zero-order chi connectivity index (χ0) is 22.4. The van der Waals surface area contributed by atoms with E-state index in [2.05, 4.69) is 5.32 Å². The molecule has 2 atom stereocenters. The number of carbonyl (C=O) groups excluding carboxylic acids is 3. The predicted molar refractivity (Wildman–Crippen MR) is 112 cm³/mol. The summed E-state index contributed by atoms with van der Waals surface area (Å²) in [5.74, 6) is -0.00494. The molecule has 1 aromatic rings. The second-order valence-corrected chi connectivity index (χ2v) is 11.2. The Morgan fingerprint density at radius 3 is 2.48 bits per heavy atom. The molecular weight excluding hydrogens is 422 g/mol. The van der Waals surface area contributed by atoms with Crippen LogP contribution in [-0.2, 0) is 25.0 Å². The Balaban J connectivity index is 1.55. The van der Waals surface area contributed by atoms with Gasteiger partial charge in [0.05, 0.1) is 11.5 Å². The van der Waals surface area contributed by atoms with E-state index in [1.807, 2.05) is 0 Å². The summed E-state index contributed by atoms with van der Waals surface area (Å²) in [6.07, 6.45) is 5.07. The highest BCUT2D eigenvalue weighted by atomic mass is 32.2. The smallest absolute Gasteiger partial charge is 0.325 e. The number of sulfone groups is 1. The molecule has 1 aliphatic carbocycles. The number of nitrogens with zero attached hydrogens (tertiary/aromatic N) is 2. The van der Waals surface area contributed by atoms with E-state index in [0.717, 1.165) is 37.0 Å². The standard InChI is InChI=1S/C21H29N3O6S/c1-14-8-9-17(30-14)21(2)19(26)23(20(27)22-21)12-18(25)24(15-6-4-3-5-7-15)16-10-11-31(28,29)13-16/h8-9,15-16H,3-7,10-13H2,1-2H3,(H,22,27). The van der Waals surface area contributed by atoms with Gasteiger partial charge >= 0.3 is 6.03 Å². The molecule has 10 heteroatoms. The molecule has 0 radical (unpaired) electrons. The molecule has 0 spiro atoms. The van der Waals surface area contributed by atoms with E-state index < -0.39 is 39.9 Å². The van der Waals surface area contributed by atoms with Crippen molar-refractivity contribution in [3.63, 3.8) is 0 Å². The molecule has 3 heterocycles. The minimum atomic E-state index is -3.18. The lowest BCUT2D eigenvalue weighted by Gasteiger charge is -2.38. The van der Waals surface area contributed by atoms with Gasteiger partial charge in [0.25, 0.3) is 5.91 Å². The molecule has 1 saturated carbocycles. The van der Waals surface area contributed by atoms with Crippen LogP contribution in [0.25, 0.3) is 0 Å². The van der Waals surface area contributed by atoms with Gasteiger partial charge in [0, 0.05) is 12.1 Å². The molecule has 4 rings (SSSR count). The molecule has 9 nitrogen and oxygen atoms in total. The van der Waals surface area contributed by atoms with Crippen LogP contribution in [0.2, 0.25) is 0 Å². The highest BCUT2D eigenvalue weighted by Gasteiger charge is 2.52. The van der Waals surface area contributed by atoms with E-state index in [1.165, 1.54) is 0 Å². The normalized spacial score (nSPS) is 28.7. The number of urea groups is 1. The average molecular weight is 452 g/mol. The fourth-order valence-corrected chi connectivity index (χ4v) is 6.70. The molecule has 170 valence electrons. The Hall–Kier alpha value is -2.36. The zero-order valence-electron chi connectivity index (χ0n) is 17.9. The van der Waals surface area contributed by atoms with Crippen LogP contribution in [0, 0.1) is 6.92 Å². The lowest BCUT2D eigenvalue weighted by atomic mass is 9.92. The monoisotopic (exact) mass is 451 g/mol. The van der Waals surface area contributed by atoms with Crippen LogP contribution in [0.1, 0.15) is 57.0 Å². The highest BCUT2D eigenvalue weighted by Crippen LogP contribution is 2.32. The average Bonchev–Trinajstić information content (AvgIpc) is 3.37. The van der Waals surface area contributed by atoms with Gasteiger partial charge in [0.15, 0.2) is 15.4 Å². The van der Waals surface area contributed by atoms with E-state index in [0.29, 0.717) is 17.9 Å². The van der Waals surface area contributed by atoms with Crippen molar-refractivity contribution in [1.29, 1.82) is 0 Å². The number of furan rings is 1. The third kappa shape index (κ3) is 4.09. The first-order valence-electron chi connectivity index (χ1n) is 10.8. The summed E-state index contributed by atoms with van der Waals surface area (Å²) in [4.78, 5) is 41.7. The molecule has 31 heavy (non-hydrogen) atoms. The van der Waals surface area contributed by atoms with Crippen molar-refractivity contribution < 1.29 is 27.2 Å². The molecular formula is C21H29N3O6S. The van der Waals surface area contributed by atoms with Crippen molar-refractivity contribution in [1.82, 2.24) is 15.1 Å². The summed E-state index contributed by atoms with van der Waals surface area (Å²) in [5.41, 5.74) is -1.38. The van der Waals surface area contributed by atoms with Crippen LogP contribution in [0.4, 0.5) is 4.79 Å². The van der Waals surface area contributed by atoms with Crippen LogP contribution in [0.3, 0.4) is 0 Å². The SMILES string of the molecule is Cc1ccc(C2(C)NC(=O)N(CC(=O)N(C3CCCCC3)C3CCS(=O)(=O)C3)C2=O)o1. The number of amides is 4. The van der Waals surface area contributed by atoms with Crippen molar-refractivity contribution in [3.05, 3.63) is 23.7 Å². The molecule has 2 unspecified atom stereocenters. The van der Waals surface area contributed by atoms with E-state index >= 15 is 0 Å². The van der Waals surface area contributed by atoms with E-state index in [4.69, 9.17) is 4.42 Å². The lowest BCUT2D eigenvalue weighted by molar-refractivity contribution is -0.142. The van der Waals surface area contributed by atoms with Gasteiger partial charge in [0.2, 0.25) is 5.91 Å². The second kappa shape index (κ2) is 7.96. The van der Waals surface area contributed by atoms with Gasteiger partial charge in [-0.1, -0.05) is 19.3 Å². The molecule has 1 aromatic heterocycles. The highest BCUT2D eigenvalue weighted by molar-refractivity contribution is 7.91. The molecule has 1 N–H and O–H groups in total. The van der Waals surface area contributed by atoms with Crippen molar-refractivity contribution >= 4 is 27.7 Å². The van der Waals surface area contributed by atoms with Gasteiger partial charge in [-0.05, 0) is 45.2 Å². The van der Waals surface area contributed by atoms with Crippen LogP contribution < -0.4 is 5.32 Å². The molecule has 4 amide bonds. The fourth-order valence-electron chi connectivity index (χ4n) is 4.99. The van der Waals surface area contributed by atoms with Crippen LogP contribution in [0.15, 0.2) is 16.5 Å². The summed E-state index contributed by atoms with van der Waals surface area (Å²) >= 11 is 0. The Bertz CT molecular complexity index is 997. The lowest BCUT2D eigenvalue weighted by Crippen LogP contribution is -2.53. The molecule has 0 bridgehead atoms. The first-order chi connectivity index (χ1) is 14.6. The number of hydrogen-bond acceptors (Lipinski definition) is 6. The minimum absolute atomic E-state index is 0.0561. The van der Waals surface area contributed by atoms with Crippen molar-refractivity contribution in [3.8, 4) is 0 Å². The maximum atomic E-state index is 13.4. The Morgan fingerprint density at radius 1 is 1.19 bits per heavy atom. The molecule has 2 saturated heterocycles. The van der Waals surface area contributed by atoms with Gasteiger partial charge in [-0.15, -0.1) is 0 Å². The van der Waals surface area contributed by atoms with E-state index in [9.17, 15) is 22.8 Å². The third-order valence-corrected chi connectivity index (χ3v) is 8.41. The van der Waals surface area contributed by atoms with Gasteiger partial charge in [-0.2, -0.15) is 0 Å². The van der Waals surface area contributed by atoms with Gasteiger partial charge in [-0.3, -0.25) is 14.5 Å². The van der Waals surface area contributed by atoms with Gasteiger partial charge in [0.1, 0.15) is 18.1 Å². The molecule has 2 aliphatic heterocycles. The number of aryl methyl sites for hydroxylation is 1. The van der Waals surface area contributed by atoms with Gasteiger partial charge in [-0.25, -0.2) is 13.2 Å². The molecule has 3 aliphatic rings. The summed E-state index contributed by atoms with van der Waals surface area (Å²) in [5, 5.41) is 2.64. The number of hydrogen-bond donors (Lipinski definition) is 1. The van der Waals surface area contributed by atoms with E-state index in [1.54, 1.807) is 30.9 Å². The number of rotatable bonds is 5. The van der Waals surface area contributed by atoms with E-state index in [-0.39, 0.29) is 23.5 Å². The zero-order valence-corrected chi connectivity index (χ0v) is 18.7. The Kier molecular flexibility index (Phi) is 5.61. The minimum Gasteiger partial charge on any atom is -0.463 e. The Morgan fingerprint density at radius 2 is 1.90 bits per heavy atom. The maximum Gasteiger partial charge on any atom is 0.325 e. The first kappa shape index (κ1) is 21.9. The largest absolute Gasteiger partial charge is 0.463 e. The fraction of sp³-hybridized carbons (Fsp3) is 0.667. The van der Waals surface area contributed by atoms with Gasteiger partial charge < -0.3 is 14.6 Å². The van der Waals surface area contributed by atoms with Crippen molar-refractivity contribution in [2.45, 2.75) is 70.0 Å². The summed E-state index contributed by atoms with van der Waals surface area (Å²) in [6, 6.07) is 2.23. The Labute approximate surface area is 182 Å². The first-order valence-corrected chi connectivity index (χ1v) is 12.7. The summed E-state index contributed by atoms with van der Waals surface area (Å²) < 4.78 is 29.7. The quantitative estimate of drug-likeness (QED) is 0.681. The topological polar surface area (TPSA) is 117 Å². The maximum absolute atomic E-state index is 13.4. The van der Waals surface area contributed by atoms with Crippen LogP contribution in [-0.4, -0.2) is 66.2 Å². The number of nitrogens with one attached hydrogen (secondary N) is 1. The van der Waals surface area contributed by atoms with Crippen molar-refractivity contribution in [2.24, 2.45) is 0 Å². The number of imide groups is 1. The second-order valence-electron chi connectivity index (χ2n) is 9.01. The predicted octanol–water partition coefficient (Wildman–Crippen LogP) is 1.70. The summed E-state index contributed by atoms with van der Waals surface area (Å²) in [7, 11) is -3.18. The molecule has 0 aromatic carbocycles. The summed E-state index contributed by atoms with van der Waals surface area (Å²) in [6.45, 7) is 2.89. The van der Waals surface area contributed by atoms with Crippen LogP contribution in [0.5, 0.6) is 0 Å². The van der Waals surface area contributed by atoms with Crippen LogP contribution >= 0.6 is 0 Å². The van der Waals surface area contributed by atoms with Crippen molar-refractivity contribution in [2.75, 3.05) is 18.1 Å².